The Morgan fingerprint density at radius 2 is 2.05 bits per heavy atom. The van der Waals surface area contributed by atoms with Crippen molar-refractivity contribution < 1.29 is 9.72 Å². The first-order valence-corrected chi connectivity index (χ1v) is 7.01. The first-order valence-electron chi connectivity index (χ1n) is 4.99. The largest absolute Gasteiger partial charge is 0.310 e. The molecule has 0 saturated carbocycles. The molecule has 11 heteroatoms. The van der Waals surface area contributed by atoms with Gasteiger partial charge in [-0.3, -0.25) is 14.9 Å². The van der Waals surface area contributed by atoms with E-state index >= 15 is 0 Å². The molecule has 1 N–H and O–H groups in total. The van der Waals surface area contributed by atoms with Crippen molar-refractivity contribution in [2.45, 2.75) is 5.25 Å². The minimum absolute atomic E-state index is 0. The van der Waals surface area contributed by atoms with Crippen molar-refractivity contribution >= 4 is 92.2 Å². The van der Waals surface area contributed by atoms with Gasteiger partial charge in [0.1, 0.15) is 15.1 Å². The standard InChI is InChI=1S/C9H4N4O3S3.Na/c14-8-7(18-9(17)10-8)3-1-2-4(13(15)16)6-5(3)11-19-12-6;/h1-2,7H,(H,10,14,17);. The van der Waals surface area contributed by atoms with Gasteiger partial charge in [-0.2, -0.15) is 8.75 Å². The molecule has 1 amide bonds. The molecule has 0 bridgehead atoms. The van der Waals surface area contributed by atoms with Crippen LogP contribution < -0.4 is 5.32 Å². The summed E-state index contributed by atoms with van der Waals surface area (Å²) in [4.78, 5) is 22.2. The van der Waals surface area contributed by atoms with Crippen LogP contribution in [0.4, 0.5) is 5.69 Å². The summed E-state index contributed by atoms with van der Waals surface area (Å²) in [5.74, 6) is -0.238. The number of hydrogen-bond donors (Lipinski definition) is 1. The SMILES string of the molecule is O=C1NC(=S)SC1c1ccc([N+](=O)[O-])c2nsnc12.[Na]. The quantitative estimate of drug-likeness (QED) is 0.383. The van der Waals surface area contributed by atoms with Crippen LogP contribution in [0, 0.1) is 10.1 Å². The summed E-state index contributed by atoms with van der Waals surface area (Å²) < 4.78 is 8.38. The summed E-state index contributed by atoms with van der Waals surface area (Å²) >= 11 is 7.01. The third kappa shape index (κ3) is 2.59. The molecule has 1 radical (unpaired) electrons. The number of carbonyl (C=O) groups excluding carboxylic acids is 1. The molecule has 1 saturated heterocycles. The van der Waals surface area contributed by atoms with Crippen molar-refractivity contribution in [1.29, 1.82) is 0 Å². The zero-order chi connectivity index (χ0) is 13.6. The molecule has 1 unspecified atom stereocenters. The van der Waals surface area contributed by atoms with Crippen molar-refractivity contribution in [3.05, 3.63) is 27.8 Å². The smallest absolute Gasteiger partial charge is 0.298 e. The normalized spacial score (nSPS) is 17.9. The summed E-state index contributed by atoms with van der Waals surface area (Å²) in [5, 5.41) is 12.9. The number of nitro groups is 1. The summed E-state index contributed by atoms with van der Waals surface area (Å²) in [7, 11) is 0. The average molecular weight is 335 g/mol. The Balaban J connectivity index is 0.00000147. The van der Waals surface area contributed by atoms with E-state index < -0.39 is 10.2 Å². The second kappa shape index (κ2) is 6.00. The van der Waals surface area contributed by atoms with Gasteiger partial charge in [-0.15, -0.1) is 0 Å². The minimum atomic E-state index is -0.528. The van der Waals surface area contributed by atoms with E-state index in [4.69, 9.17) is 12.2 Å². The van der Waals surface area contributed by atoms with Gasteiger partial charge in [0.05, 0.1) is 16.7 Å². The van der Waals surface area contributed by atoms with E-state index in [1.165, 1.54) is 23.9 Å². The second-order valence-corrected chi connectivity index (χ2v) is 5.98. The van der Waals surface area contributed by atoms with Gasteiger partial charge in [-0.25, -0.2) is 0 Å². The molecule has 2 aromatic rings. The molecular formula is C9H4N4NaO3S3. The molecule has 1 fully saturated rings. The number of benzene rings is 1. The fourth-order valence-electron chi connectivity index (χ4n) is 1.79. The number of non-ortho nitro benzene ring substituents is 1. The Hall–Kier alpha value is -0.650. The fourth-order valence-corrected chi connectivity index (χ4v) is 3.61. The molecule has 0 aliphatic carbocycles. The third-order valence-corrected chi connectivity index (χ3v) is 4.53. The zero-order valence-electron chi connectivity index (χ0n) is 10.0. The van der Waals surface area contributed by atoms with Crippen molar-refractivity contribution in [3.8, 4) is 0 Å². The van der Waals surface area contributed by atoms with E-state index in [0.717, 1.165) is 11.7 Å². The summed E-state index contributed by atoms with van der Waals surface area (Å²) in [6.45, 7) is 0. The number of nitro benzene ring substituents is 1. The average Bonchev–Trinajstić information content (AvgIpc) is 2.94. The first-order chi connectivity index (χ1) is 9.08. The molecule has 1 aliphatic heterocycles. The molecule has 1 aromatic carbocycles. The van der Waals surface area contributed by atoms with Crippen LogP contribution in [-0.2, 0) is 4.79 Å². The van der Waals surface area contributed by atoms with Gasteiger partial charge >= 0.3 is 0 Å². The summed E-state index contributed by atoms with van der Waals surface area (Å²) in [6, 6.07) is 2.88. The van der Waals surface area contributed by atoms with Gasteiger partial charge in [0.2, 0.25) is 5.91 Å². The Bertz CT molecular complexity index is 734. The first kappa shape index (κ1) is 15.7. The number of thiocarbonyl (C=S) groups is 1. The summed E-state index contributed by atoms with van der Waals surface area (Å²) in [5.41, 5.74) is 1.07. The molecule has 1 aliphatic rings. The number of carbonyl (C=O) groups is 1. The molecule has 97 valence electrons. The predicted molar refractivity (Wildman–Crippen MR) is 80.9 cm³/mol. The van der Waals surface area contributed by atoms with Crippen LogP contribution in [0.2, 0.25) is 0 Å². The van der Waals surface area contributed by atoms with Crippen molar-refractivity contribution in [2.75, 3.05) is 0 Å². The Morgan fingerprint density at radius 1 is 1.35 bits per heavy atom. The second-order valence-electron chi connectivity index (χ2n) is 3.67. The van der Waals surface area contributed by atoms with Crippen LogP contribution in [0.25, 0.3) is 11.0 Å². The molecule has 1 atom stereocenters. The number of hydrogen-bond acceptors (Lipinski definition) is 8. The number of nitrogens with zero attached hydrogens (tertiary/aromatic N) is 3. The van der Waals surface area contributed by atoms with Crippen LogP contribution in [0.1, 0.15) is 10.8 Å². The number of thioether (sulfide) groups is 1. The molecule has 0 spiro atoms. The molecule has 1 aromatic heterocycles. The van der Waals surface area contributed by atoms with E-state index in [2.05, 4.69) is 14.1 Å². The van der Waals surface area contributed by atoms with Crippen LogP contribution in [0.5, 0.6) is 0 Å². The van der Waals surface area contributed by atoms with Gasteiger partial charge < -0.3 is 5.32 Å². The number of aromatic nitrogens is 2. The number of fused-ring (bicyclic) bond motifs is 1. The van der Waals surface area contributed by atoms with Crippen molar-refractivity contribution in [3.63, 3.8) is 0 Å². The molecule has 7 nitrogen and oxygen atoms in total. The van der Waals surface area contributed by atoms with Gasteiger partial charge in [-0.1, -0.05) is 24.0 Å². The van der Waals surface area contributed by atoms with E-state index in [-0.39, 0.29) is 46.7 Å². The molecule has 2 heterocycles. The predicted octanol–water partition coefficient (Wildman–Crippen LogP) is 1.41. The van der Waals surface area contributed by atoms with Gasteiger partial charge in [0.25, 0.3) is 5.69 Å². The van der Waals surface area contributed by atoms with Crippen molar-refractivity contribution in [1.82, 2.24) is 14.1 Å². The molecule has 3 rings (SSSR count). The van der Waals surface area contributed by atoms with Crippen LogP contribution in [0.3, 0.4) is 0 Å². The Labute approximate surface area is 148 Å². The maximum absolute atomic E-state index is 11.8. The number of nitrogens with one attached hydrogen (secondary N) is 1. The fraction of sp³-hybridized carbons (Fsp3) is 0.111. The molecular weight excluding hydrogens is 331 g/mol. The van der Waals surface area contributed by atoms with Gasteiger partial charge in [0, 0.05) is 41.2 Å². The zero-order valence-corrected chi connectivity index (χ0v) is 14.5. The monoisotopic (exact) mass is 335 g/mol. The van der Waals surface area contributed by atoms with Gasteiger partial charge in [-0.05, 0) is 6.07 Å². The maximum atomic E-state index is 11.8. The molecule has 20 heavy (non-hydrogen) atoms. The Morgan fingerprint density at radius 3 is 2.65 bits per heavy atom. The van der Waals surface area contributed by atoms with E-state index in [1.807, 2.05) is 0 Å². The minimum Gasteiger partial charge on any atom is -0.310 e. The topological polar surface area (TPSA) is 98.0 Å². The van der Waals surface area contributed by atoms with E-state index in [9.17, 15) is 14.9 Å². The van der Waals surface area contributed by atoms with Crippen LogP contribution in [-0.4, -0.2) is 53.5 Å². The van der Waals surface area contributed by atoms with E-state index in [1.54, 1.807) is 0 Å². The number of rotatable bonds is 2. The van der Waals surface area contributed by atoms with E-state index in [0.29, 0.717) is 15.4 Å². The van der Waals surface area contributed by atoms with Crippen molar-refractivity contribution in [2.24, 2.45) is 0 Å². The maximum Gasteiger partial charge on any atom is 0.298 e. The third-order valence-electron chi connectivity index (χ3n) is 2.59. The van der Waals surface area contributed by atoms with Crippen LogP contribution >= 0.6 is 35.7 Å². The summed E-state index contributed by atoms with van der Waals surface area (Å²) in [6.07, 6.45) is 0. The van der Waals surface area contributed by atoms with Crippen LogP contribution in [0.15, 0.2) is 12.1 Å². The van der Waals surface area contributed by atoms with Gasteiger partial charge in [0.15, 0.2) is 5.52 Å². The Kier molecular flexibility index (Phi) is 4.72. The number of amides is 1.